The van der Waals surface area contributed by atoms with Gasteiger partial charge in [-0.15, -0.1) is 0 Å². The number of benzene rings is 1. The van der Waals surface area contributed by atoms with E-state index in [1.54, 1.807) is 6.92 Å². The Morgan fingerprint density at radius 3 is 2.29 bits per heavy atom. The van der Waals surface area contributed by atoms with Crippen LogP contribution in [0.3, 0.4) is 0 Å². The zero-order valence-electron chi connectivity index (χ0n) is 11.1. The molecule has 4 nitrogen and oxygen atoms in total. The predicted octanol–water partition coefficient (Wildman–Crippen LogP) is 1.87. The molecule has 21 heavy (non-hydrogen) atoms. The average molecular weight is 304 g/mol. The number of carbonyl (C=O) groups is 2. The molecule has 0 spiro atoms. The number of carbonyl (C=O) groups excluding carboxylic acids is 2. The summed E-state index contributed by atoms with van der Waals surface area (Å²) in [6.07, 6.45) is -0.0403. The molecule has 1 N–H and O–H groups in total. The SMILES string of the molecule is CCC1NC(=O)CCN(c2c(F)c(F)cc(F)c2F)C1=O. The predicted molar refractivity (Wildman–Crippen MR) is 65.5 cm³/mol. The molecule has 1 aliphatic heterocycles. The van der Waals surface area contributed by atoms with Gasteiger partial charge in [0.25, 0.3) is 0 Å². The molecule has 2 amide bonds. The van der Waals surface area contributed by atoms with Crippen molar-refractivity contribution in [3.05, 3.63) is 29.3 Å². The van der Waals surface area contributed by atoms with Crippen LogP contribution in [-0.4, -0.2) is 24.4 Å². The van der Waals surface area contributed by atoms with Crippen LogP contribution in [0.25, 0.3) is 0 Å². The van der Waals surface area contributed by atoms with Crippen molar-refractivity contribution < 1.29 is 27.2 Å². The molecule has 0 aliphatic carbocycles. The van der Waals surface area contributed by atoms with E-state index in [2.05, 4.69) is 5.32 Å². The molecule has 2 rings (SSSR count). The molecule has 1 aromatic rings. The molecule has 0 aromatic heterocycles. The van der Waals surface area contributed by atoms with E-state index in [4.69, 9.17) is 0 Å². The van der Waals surface area contributed by atoms with Gasteiger partial charge in [-0.25, -0.2) is 17.6 Å². The third-order valence-electron chi connectivity index (χ3n) is 3.23. The monoisotopic (exact) mass is 304 g/mol. The zero-order chi connectivity index (χ0) is 15.7. The Morgan fingerprint density at radius 2 is 1.76 bits per heavy atom. The van der Waals surface area contributed by atoms with Crippen LogP contribution in [0.4, 0.5) is 23.2 Å². The van der Waals surface area contributed by atoms with E-state index in [1.807, 2.05) is 0 Å². The lowest BCUT2D eigenvalue weighted by molar-refractivity contribution is -0.125. The first kappa shape index (κ1) is 15.3. The van der Waals surface area contributed by atoms with Crippen LogP contribution in [0.2, 0.25) is 0 Å². The number of rotatable bonds is 2. The number of amides is 2. The highest BCUT2D eigenvalue weighted by Gasteiger charge is 2.34. The second kappa shape index (κ2) is 5.71. The van der Waals surface area contributed by atoms with E-state index in [1.165, 1.54) is 0 Å². The molecule has 1 heterocycles. The summed E-state index contributed by atoms with van der Waals surface area (Å²) in [6, 6.07) is -0.929. The molecule has 0 radical (unpaired) electrons. The summed E-state index contributed by atoms with van der Waals surface area (Å²) >= 11 is 0. The van der Waals surface area contributed by atoms with Crippen LogP contribution in [0.15, 0.2) is 6.07 Å². The van der Waals surface area contributed by atoms with Crippen LogP contribution < -0.4 is 10.2 Å². The maximum Gasteiger partial charge on any atom is 0.249 e. The van der Waals surface area contributed by atoms with Crippen LogP contribution >= 0.6 is 0 Å². The van der Waals surface area contributed by atoms with Gasteiger partial charge in [-0.1, -0.05) is 6.92 Å². The van der Waals surface area contributed by atoms with E-state index in [-0.39, 0.29) is 25.5 Å². The largest absolute Gasteiger partial charge is 0.344 e. The molecule has 1 aliphatic rings. The van der Waals surface area contributed by atoms with Gasteiger partial charge in [0, 0.05) is 19.0 Å². The number of nitrogens with one attached hydrogen (secondary N) is 1. The van der Waals surface area contributed by atoms with E-state index in [9.17, 15) is 27.2 Å². The van der Waals surface area contributed by atoms with Crippen molar-refractivity contribution in [2.24, 2.45) is 0 Å². The Labute approximate surface area is 117 Å². The molecular weight excluding hydrogens is 292 g/mol. The number of anilines is 1. The van der Waals surface area contributed by atoms with Gasteiger partial charge in [0.2, 0.25) is 11.8 Å². The number of hydrogen-bond acceptors (Lipinski definition) is 2. The van der Waals surface area contributed by atoms with Crippen molar-refractivity contribution in [2.75, 3.05) is 11.4 Å². The summed E-state index contributed by atoms with van der Waals surface area (Å²) in [6.45, 7) is 1.23. The molecule has 1 unspecified atom stereocenters. The average Bonchev–Trinajstić information content (AvgIpc) is 2.58. The van der Waals surface area contributed by atoms with Crippen molar-refractivity contribution >= 4 is 17.5 Å². The van der Waals surface area contributed by atoms with Gasteiger partial charge in [0.15, 0.2) is 23.3 Å². The maximum absolute atomic E-state index is 13.8. The van der Waals surface area contributed by atoms with Gasteiger partial charge >= 0.3 is 0 Å². The first-order valence-electron chi connectivity index (χ1n) is 6.30. The van der Waals surface area contributed by atoms with Gasteiger partial charge in [-0.05, 0) is 6.42 Å². The van der Waals surface area contributed by atoms with Crippen molar-refractivity contribution in [2.45, 2.75) is 25.8 Å². The Balaban J connectivity index is 2.54. The maximum atomic E-state index is 13.8. The van der Waals surface area contributed by atoms with Crippen molar-refractivity contribution in [1.82, 2.24) is 5.32 Å². The fourth-order valence-electron chi connectivity index (χ4n) is 2.14. The normalized spacial score (nSPS) is 19.5. The smallest absolute Gasteiger partial charge is 0.249 e. The Morgan fingerprint density at radius 1 is 1.19 bits per heavy atom. The number of nitrogens with zero attached hydrogens (tertiary/aromatic N) is 1. The van der Waals surface area contributed by atoms with E-state index < -0.39 is 46.8 Å². The van der Waals surface area contributed by atoms with Crippen molar-refractivity contribution in [3.63, 3.8) is 0 Å². The molecule has 1 aromatic carbocycles. The summed E-state index contributed by atoms with van der Waals surface area (Å²) < 4.78 is 54.1. The second-order valence-electron chi connectivity index (χ2n) is 4.59. The minimum atomic E-state index is -1.66. The molecule has 114 valence electrons. The van der Waals surface area contributed by atoms with Gasteiger partial charge in [0.05, 0.1) is 0 Å². The second-order valence-corrected chi connectivity index (χ2v) is 4.59. The molecule has 1 saturated heterocycles. The quantitative estimate of drug-likeness (QED) is 0.670. The minimum Gasteiger partial charge on any atom is -0.344 e. The lowest BCUT2D eigenvalue weighted by atomic mass is 10.1. The summed E-state index contributed by atoms with van der Waals surface area (Å²) in [5.41, 5.74) is -1.10. The molecule has 8 heteroatoms. The summed E-state index contributed by atoms with van der Waals surface area (Å²) in [5, 5.41) is 2.38. The van der Waals surface area contributed by atoms with Gasteiger partial charge in [0.1, 0.15) is 11.7 Å². The molecule has 0 bridgehead atoms. The fraction of sp³-hybridized carbons (Fsp3) is 0.385. The highest BCUT2D eigenvalue weighted by atomic mass is 19.2. The Kier molecular flexibility index (Phi) is 4.15. The van der Waals surface area contributed by atoms with E-state index >= 15 is 0 Å². The molecular formula is C13H12F4N2O2. The lowest BCUT2D eigenvalue weighted by Gasteiger charge is -2.24. The van der Waals surface area contributed by atoms with Crippen LogP contribution in [0.1, 0.15) is 19.8 Å². The van der Waals surface area contributed by atoms with Crippen molar-refractivity contribution in [1.29, 1.82) is 0 Å². The van der Waals surface area contributed by atoms with E-state index in [0.29, 0.717) is 4.90 Å². The first-order valence-corrected chi connectivity index (χ1v) is 6.30. The molecule has 1 atom stereocenters. The number of halogens is 4. The van der Waals surface area contributed by atoms with E-state index in [0.717, 1.165) is 0 Å². The van der Waals surface area contributed by atoms with Crippen molar-refractivity contribution in [3.8, 4) is 0 Å². The van der Waals surface area contributed by atoms with Gasteiger partial charge in [-0.2, -0.15) is 0 Å². The lowest BCUT2D eigenvalue weighted by Crippen LogP contribution is -2.45. The Hall–Kier alpha value is -2.12. The number of hydrogen-bond donors (Lipinski definition) is 1. The topological polar surface area (TPSA) is 49.4 Å². The molecule has 1 fully saturated rings. The summed E-state index contributed by atoms with van der Waals surface area (Å²) in [4.78, 5) is 24.2. The van der Waals surface area contributed by atoms with Gasteiger partial charge < -0.3 is 10.2 Å². The highest BCUT2D eigenvalue weighted by molar-refractivity contribution is 6.01. The van der Waals surface area contributed by atoms with Crippen LogP contribution in [-0.2, 0) is 9.59 Å². The third-order valence-corrected chi connectivity index (χ3v) is 3.23. The fourth-order valence-corrected chi connectivity index (χ4v) is 2.14. The highest BCUT2D eigenvalue weighted by Crippen LogP contribution is 2.29. The van der Waals surface area contributed by atoms with Gasteiger partial charge in [-0.3, -0.25) is 9.59 Å². The summed E-state index contributed by atoms with van der Waals surface area (Å²) in [5.74, 6) is -7.82. The zero-order valence-corrected chi connectivity index (χ0v) is 11.1. The third kappa shape index (κ3) is 2.70. The Bertz CT molecular complexity index is 580. The first-order chi connectivity index (χ1) is 9.86. The van der Waals surface area contributed by atoms with Crippen LogP contribution in [0, 0.1) is 23.3 Å². The summed E-state index contributed by atoms with van der Waals surface area (Å²) in [7, 11) is 0. The van der Waals surface area contributed by atoms with Crippen LogP contribution in [0.5, 0.6) is 0 Å². The molecule has 0 saturated carbocycles. The standard InChI is InChI=1S/C13H12F4N2O2/c1-2-8-13(21)19(4-3-9(20)18-8)12-10(16)6(14)5-7(15)11(12)17/h5,8H,2-4H2,1H3,(H,18,20). The minimum absolute atomic E-state index is 0.0666.